The number of nitrogens with one attached hydrogen (secondary N) is 1. The minimum atomic E-state index is 0.352. The van der Waals surface area contributed by atoms with E-state index in [4.69, 9.17) is 0 Å². The molecule has 1 nitrogen and oxygen atoms in total. The summed E-state index contributed by atoms with van der Waals surface area (Å²) in [6.07, 6.45) is 0. The van der Waals surface area contributed by atoms with Crippen molar-refractivity contribution in [2.75, 3.05) is 0 Å². The van der Waals surface area contributed by atoms with Gasteiger partial charge in [-0.25, -0.2) is 0 Å². The van der Waals surface area contributed by atoms with Gasteiger partial charge in [-0.2, -0.15) is 0 Å². The molecule has 2 aromatic rings. The monoisotopic (exact) mass is 267 g/mol. The van der Waals surface area contributed by atoms with Crippen LogP contribution in [-0.4, -0.2) is 0 Å². The van der Waals surface area contributed by atoms with Crippen LogP contribution < -0.4 is 5.32 Å². The van der Waals surface area contributed by atoms with E-state index in [1.54, 1.807) is 0 Å². The molecular weight excluding hydrogens is 242 g/mol. The van der Waals surface area contributed by atoms with E-state index in [2.05, 4.69) is 82.4 Å². The van der Waals surface area contributed by atoms with Crippen LogP contribution in [0, 0.1) is 20.8 Å². The molecule has 106 valence electrons. The fraction of sp³-hybridized carbons (Fsp3) is 0.368. The number of hydrogen-bond donors (Lipinski definition) is 1. The van der Waals surface area contributed by atoms with E-state index >= 15 is 0 Å². The van der Waals surface area contributed by atoms with Crippen molar-refractivity contribution in [1.82, 2.24) is 5.32 Å². The topological polar surface area (TPSA) is 12.0 Å². The average molecular weight is 267 g/mol. The lowest BCUT2D eigenvalue weighted by Crippen LogP contribution is -2.23. The third kappa shape index (κ3) is 3.49. The molecule has 0 heterocycles. The van der Waals surface area contributed by atoms with Gasteiger partial charge in [0.25, 0.3) is 0 Å². The van der Waals surface area contributed by atoms with Crippen LogP contribution in [0.3, 0.4) is 0 Å². The van der Waals surface area contributed by atoms with Gasteiger partial charge in [-0.15, -0.1) is 0 Å². The molecule has 20 heavy (non-hydrogen) atoms. The van der Waals surface area contributed by atoms with Crippen molar-refractivity contribution >= 4 is 0 Å². The predicted octanol–water partition coefficient (Wildman–Crippen LogP) is 5.02. The Balaban J connectivity index is 2.12. The molecule has 0 aromatic heterocycles. The zero-order chi connectivity index (χ0) is 14.7. The maximum absolute atomic E-state index is 3.70. The highest BCUT2D eigenvalue weighted by Crippen LogP contribution is 2.23. The number of benzene rings is 2. The largest absolute Gasteiger partial charge is 0.304 e. The third-order valence-electron chi connectivity index (χ3n) is 3.93. The van der Waals surface area contributed by atoms with Crippen molar-refractivity contribution in [2.45, 2.75) is 46.7 Å². The number of rotatable bonds is 4. The molecule has 2 aromatic carbocycles. The SMILES string of the molecule is Cc1cccc([C@@H](C)NC(C)c2ccc(C)cc2C)c1. The molecule has 0 aliphatic heterocycles. The van der Waals surface area contributed by atoms with Crippen LogP contribution in [0.25, 0.3) is 0 Å². The molecule has 0 aliphatic carbocycles. The van der Waals surface area contributed by atoms with Gasteiger partial charge in [0.05, 0.1) is 0 Å². The molecule has 2 rings (SSSR count). The molecule has 0 spiro atoms. The minimum absolute atomic E-state index is 0.352. The van der Waals surface area contributed by atoms with Gasteiger partial charge in [0.2, 0.25) is 0 Å². The summed E-state index contributed by atoms with van der Waals surface area (Å²) < 4.78 is 0. The smallest absolute Gasteiger partial charge is 0.0300 e. The van der Waals surface area contributed by atoms with E-state index in [0.717, 1.165) is 0 Å². The van der Waals surface area contributed by atoms with Gasteiger partial charge in [-0.05, 0) is 51.3 Å². The predicted molar refractivity (Wildman–Crippen MR) is 87.1 cm³/mol. The zero-order valence-corrected chi connectivity index (χ0v) is 13.2. The van der Waals surface area contributed by atoms with E-state index < -0.39 is 0 Å². The van der Waals surface area contributed by atoms with Crippen molar-refractivity contribution in [1.29, 1.82) is 0 Å². The molecule has 1 heteroatoms. The van der Waals surface area contributed by atoms with Crippen LogP contribution >= 0.6 is 0 Å². The first-order chi connectivity index (χ1) is 9.47. The fourth-order valence-corrected chi connectivity index (χ4v) is 2.81. The van der Waals surface area contributed by atoms with Crippen LogP contribution in [-0.2, 0) is 0 Å². The van der Waals surface area contributed by atoms with Crippen LogP contribution in [0.15, 0.2) is 42.5 Å². The second-order valence-corrected chi connectivity index (χ2v) is 5.88. The van der Waals surface area contributed by atoms with Crippen molar-refractivity contribution in [3.05, 3.63) is 70.3 Å². The number of aryl methyl sites for hydroxylation is 3. The van der Waals surface area contributed by atoms with E-state index in [1.807, 2.05) is 0 Å². The van der Waals surface area contributed by atoms with E-state index in [9.17, 15) is 0 Å². The second kappa shape index (κ2) is 6.23. The highest BCUT2D eigenvalue weighted by Gasteiger charge is 2.12. The Bertz CT molecular complexity index is 586. The van der Waals surface area contributed by atoms with Crippen molar-refractivity contribution < 1.29 is 0 Å². The van der Waals surface area contributed by atoms with Gasteiger partial charge in [-0.3, -0.25) is 0 Å². The Morgan fingerprint density at radius 3 is 2.15 bits per heavy atom. The van der Waals surface area contributed by atoms with Crippen LogP contribution in [0.4, 0.5) is 0 Å². The summed E-state index contributed by atoms with van der Waals surface area (Å²) >= 11 is 0. The first kappa shape index (κ1) is 14.8. The van der Waals surface area contributed by atoms with E-state index in [-0.39, 0.29) is 0 Å². The maximum Gasteiger partial charge on any atom is 0.0300 e. The van der Waals surface area contributed by atoms with Crippen molar-refractivity contribution in [3.63, 3.8) is 0 Å². The summed E-state index contributed by atoms with van der Waals surface area (Å²) in [7, 11) is 0. The van der Waals surface area contributed by atoms with E-state index in [0.29, 0.717) is 12.1 Å². The zero-order valence-electron chi connectivity index (χ0n) is 13.2. The van der Waals surface area contributed by atoms with Gasteiger partial charge in [-0.1, -0.05) is 53.6 Å². The summed E-state index contributed by atoms with van der Waals surface area (Å²) in [6.45, 7) is 10.9. The lowest BCUT2D eigenvalue weighted by Gasteiger charge is -2.22. The highest BCUT2D eigenvalue weighted by molar-refractivity contribution is 5.33. The molecule has 1 N–H and O–H groups in total. The Morgan fingerprint density at radius 2 is 1.50 bits per heavy atom. The molecule has 0 aliphatic rings. The molecule has 0 radical (unpaired) electrons. The molecular formula is C19H25N. The average Bonchev–Trinajstić information content (AvgIpc) is 2.38. The lowest BCUT2D eigenvalue weighted by molar-refractivity contribution is 0.493. The molecule has 0 fully saturated rings. The Kier molecular flexibility index (Phi) is 4.61. The Hall–Kier alpha value is -1.60. The summed E-state index contributed by atoms with van der Waals surface area (Å²) in [5, 5.41) is 3.70. The summed E-state index contributed by atoms with van der Waals surface area (Å²) in [4.78, 5) is 0. The molecule has 2 atom stereocenters. The molecule has 0 saturated carbocycles. The minimum Gasteiger partial charge on any atom is -0.304 e. The standard InChI is InChI=1S/C19H25N/c1-13-7-6-8-18(12-13)16(4)20-17(5)19-10-9-14(2)11-15(19)3/h6-12,16-17,20H,1-5H3/t16-,17?/m1/s1. The third-order valence-corrected chi connectivity index (χ3v) is 3.93. The maximum atomic E-state index is 3.70. The summed E-state index contributed by atoms with van der Waals surface area (Å²) in [6, 6.07) is 16.1. The van der Waals surface area contributed by atoms with Crippen molar-refractivity contribution in [3.8, 4) is 0 Å². The van der Waals surface area contributed by atoms with Gasteiger partial charge in [0.15, 0.2) is 0 Å². The van der Waals surface area contributed by atoms with Crippen molar-refractivity contribution in [2.24, 2.45) is 0 Å². The van der Waals surface area contributed by atoms with Gasteiger partial charge >= 0.3 is 0 Å². The molecule has 1 unspecified atom stereocenters. The van der Waals surface area contributed by atoms with Gasteiger partial charge < -0.3 is 5.32 Å². The normalized spacial score (nSPS) is 14.1. The molecule has 0 saturated heterocycles. The van der Waals surface area contributed by atoms with Gasteiger partial charge in [0, 0.05) is 12.1 Å². The van der Waals surface area contributed by atoms with Crippen LogP contribution in [0.1, 0.15) is 53.7 Å². The highest BCUT2D eigenvalue weighted by atomic mass is 14.9. The lowest BCUT2D eigenvalue weighted by atomic mass is 9.98. The molecule has 0 amide bonds. The first-order valence-electron chi connectivity index (χ1n) is 7.37. The summed E-state index contributed by atoms with van der Waals surface area (Å²) in [5.41, 5.74) is 6.73. The van der Waals surface area contributed by atoms with Crippen LogP contribution in [0.2, 0.25) is 0 Å². The molecule has 0 bridgehead atoms. The van der Waals surface area contributed by atoms with E-state index in [1.165, 1.54) is 27.8 Å². The number of hydrogen-bond acceptors (Lipinski definition) is 1. The fourth-order valence-electron chi connectivity index (χ4n) is 2.81. The Morgan fingerprint density at radius 1 is 0.800 bits per heavy atom. The first-order valence-corrected chi connectivity index (χ1v) is 7.37. The van der Waals surface area contributed by atoms with Gasteiger partial charge in [0.1, 0.15) is 0 Å². The second-order valence-electron chi connectivity index (χ2n) is 5.88. The quantitative estimate of drug-likeness (QED) is 0.819. The summed E-state index contributed by atoms with van der Waals surface area (Å²) in [5.74, 6) is 0. The Labute approximate surface area is 123 Å². The van der Waals surface area contributed by atoms with Crippen LogP contribution in [0.5, 0.6) is 0 Å².